The van der Waals surface area contributed by atoms with Crippen molar-refractivity contribution in [2.75, 3.05) is 50.8 Å². The van der Waals surface area contributed by atoms with Crippen LogP contribution in [0.3, 0.4) is 0 Å². The Morgan fingerprint density at radius 3 is 2.35 bits per heavy atom. The van der Waals surface area contributed by atoms with Gasteiger partial charge in [-0.1, -0.05) is 41.9 Å². The lowest BCUT2D eigenvalue weighted by Gasteiger charge is -2.33. The molecule has 1 N–H and O–H groups in total. The van der Waals surface area contributed by atoms with Crippen molar-refractivity contribution in [2.45, 2.75) is 45.1 Å². The van der Waals surface area contributed by atoms with E-state index >= 15 is 0 Å². The highest BCUT2D eigenvalue weighted by Crippen LogP contribution is 2.30. The minimum Gasteiger partial charge on any atom is -0.445 e. The summed E-state index contributed by atoms with van der Waals surface area (Å²) < 4.78 is 28.3. The van der Waals surface area contributed by atoms with E-state index in [0.717, 1.165) is 18.4 Å². The van der Waals surface area contributed by atoms with Crippen LogP contribution in [0.5, 0.6) is 0 Å². The normalized spacial score (nSPS) is 19.5. The summed E-state index contributed by atoms with van der Waals surface area (Å²) in [5.74, 6) is -0.584. The second-order valence-electron chi connectivity index (χ2n) is 11.2. The quantitative estimate of drug-likeness (QED) is 0.422. The Kier molecular flexibility index (Phi) is 9.63. The number of anilines is 1. The molecule has 2 aromatic rings. The lowest BCUT2D eigenvalue weighted by atomic mass is 9.94. The first-order valence-electron chi connectivity index (χ1n) is 15.9. The average molecular weight is 613 g/mol. The van der Waals surface area contributed by atoms with Gasteiger partial charge in [0.15, 0.2) is 0 Å². The number of carbonyl (C=O) groups is 4. The molecular weight excluding hydrogens is 572 g/mol. The molecular formula is C32H39ClN4O6. The molecule has 5 rings (SSSR count). The topological polar surface area (TPSA) is 108 Å². The summed E-state index contributed by atoms with van der Waals surface area (Å²) in [5.41, 5.74) is 1.68. The first-order valence-corrected chi connectivity index (χ1v) is 15.3. The third kappa shape index (κ3) is 8.26. The Hall–Kier alpha value is -3.63. The number of piperidine rings is 2. The molecule has 10 nitrogen and oxygen atoms in total. The highest BCUT2D eigenvalue weighted by Gasteiger charge is 2.29. The summed E-state index contributed by atoms with van der Waals surface area (Å²) in [7, 11) is 0. The van der Waals surface area contributed by atoms with E-state index in [9.17, 15) is 19.2 Å². The largest absolute Gasteiger partial charge is 0.445 e. The second kappa shape index (κ2) is 14.7. The molecule has 5 amide bonds. The Morgan fingerprint density at radius 2 is 1.63 bits per heavy atom. The van der Waals surface area contributed by atoms with Crippen molar-refractivity contribution in [3.63, 3.8) is 0 Å². The van der Waals surface area contributed by atoms with Gasteiger partial charge in [-0.05, 0) is 67.7 Å². The number of urea groups is 1. The maximum atomic E-state index is 13.3. The van der Waals surface area contributed by atoms with Gasteiger partial charge in [0, 0.05) is 57.9 Å². The van der Waals surface area contributed by atoms with Gasteiger partial charge in [-0.15, -0.1) is 0 Å². The Bertz CT molecular complexity index is 1380. The highest BCUT2D eigenvalue weighted by molar-refractivity contribution is 6.34. The van der Waals surface area contributed by atoms with Gasteiger partial charge in [-0.3, -0.25) is 19.8 Å². The van der Waals surface area contributed by atoms with Crippen LogP contribution < -0.4 is 10.2 Å². The number of carbonyl (C=O) groups excluding carboxylic acids is 4. The Balaban J connectivity index is 1.03. The minimum atomic E-state index is -1.82. The van der Waals surface area contributed by atoms with Gasteiger partial charge >= 0.3 is 12.1 Å². The van der Waals surface area contributed by atoms with Crippen LogP contribution in [0.15, 0.2) is 48.5 Å². The van der Waals surface area contributed by atoms with E-state index in [0.29, 0.717) is 74.2 Å². The van der Waals surface area contributed by atoms with Crippen molar-refractivity contribution < 1.29 is 31.4 Å². The predicted molar refractivity (Wildman–Crippen MR) is 162 cm³/mol. The molecule has 3 saturated heterocycles. The summed E-state index contributed by atoms with van der Waals surface area (Å²) in [6.45, 7) is 0.868. The molecule has 3 aliphatic rings. The number of ether oxygens (including phenoxy) is 2. The molecule has 0 aromatic heterocycles. The van der Waals surface area contributed by atoms with E-state index in [-0.39, 0.29) is 43.4 Å². The maximum Gasteiger partial charge on any atom is 0.410 e. The molecule has 3 aliphatic heterocycles. The Labute approximate surface area is 260 Å². The molecule has 0 bridgehead atoms. The Morgan fingerprint density at radius 1 is 0.930 bits per heavy atom. The fourth-order valence-corrected chi connectivity index (χ4v) is 5.87. The van der Waals surface area contributed by atoms with Gasteiger partial charge < -0.3 is 19.3 Å². The van der Waals surface area contributed by atoms with Gasteiger partial charge in [0.1, 0.15) is 6.61 Å². The van der Waals surface area contributed by atoms with Gasteiger partial charge in [-0.25, -0.2) is 9.59 Å². The number of amides is 5. The molecule has 2 aromatic carbocycles. The SMILES string of the molecule is [2H]C([2H])(OCCC1CCN(C(=O)OCc2ccccc2)CC1)C1CCN(C(=O)c2ccc(Cl)c(N3CCC(=O)NC3=O)c2)CC1. The number of imide groups is 1. The molecule has 0 atom stereocenters. The molecule has 0 unspecified atom stereocenters. The number of nitrogens with zero attached hydrogens (tertiary/aromatic N) is 3. The molecule has 3 heterocycles. The molecule has 43 heavy (non-hydrogen) atoms. The van der Waals surface area contributed by atoms with Gasteiger partial charge in [-0.2, -0.15) is 0 Å². The average Bonchev–Trinajstić information content (AvgIpc) is 3.04. The van der Waals surface area contributed by atoms with Crippen LogP contribution in [-0.2, 0) is 20.9 Å². The zero-order chi connectivity index (χ0) is 32.0. The smallest absolute Gasteiger partial charge is 0.410 e. The summed E-state index contributed by atoms with van der Waals surface area (Å²) in [5, 5.41) is 2.56. The molecule has 0 radical (unpaired) electrons. The fourth-order valence-electron chi connectivity index (χ4n) is 5.65. The third-order valence-electron chi connectivity index (χ3n) is 8.28. The van der Waals surface area contributed by atoms with E-state index in [1.165, 1.54) is 4.90 Å². The number of hydrogen-bond donors (Lipinski definition) is 1. The van der Waals surface area contributed by atoms with E-state index in [2.05, 4.69) is 5.32 Å². The monoisotopic (exact) mass is 612 g/mol. The van der Waals surface area contributed by atoms with Crippen LogP contribution in [0.25, 0.3) is 0 Å². The summed E-state index contributed by atoms with van der Waals surface area (Å²) in [6, 6.07) is 13.7. The summed E-state index contributed by atoms with van der Waals surface area (Å²) in [4.78, 5) is 54.3. The van der Waals surface area contributed by atoms with Crippen molar-refractivity contribution in [1.82, 2.24) is 15.1 Å². The molecule has 0 saturated carbocycles. The van der Waals surface area contributed by atoms with Crippen molar-refractivity contribution in [2.24, 2.45) is 11.8 Å². The first-order chi connectivity index (χ1) is 21.6. The second-order valence-corrected chi connectivity index (χ2v) is 11.6. The van der Waals surface area contributed by atoms with Crippen LogP contribution >= 0.6 is 11.6 Å². The molecule has 3 fully saturated rings. The van der Waals surface area contributed by atoms with Crippen molar-refractivity contribution in [1.29, 1.82) is 0 Å². The minimum absolute atomic E-state index is 0.142. The van der Waals surface area contributed by atoms with Gasteiger partial charge in [0.05, 0.1) is 13.5 Å². The maximum absolute atomic E-state index is 13.3. The first kappa shape index (κ1) is 28.2. The van der Waals surface area contributed by atoms with E-state index in [1.54, 1.807) is 28.0 Å². The van der Waals surface area contributed by atoms with Crippen LogP contribution in [0, 0.1) is 11.8 Å². The fraction of sp³-hybridized carbons (Fsp3) is 0.500. The van der Waals surface area contributed by atoms with E-state index in [1.807, 2.05) is 30.3 Å². The number of hydrogen-bond acceptors (Lipinski definition) is 6. The number of nitrogens with one attached hydrogen (secondary N) is 1. The van der Waals surface area contributed by atoms with Crippen LogP contribution in [0.1, 0.15) is 57.2 Å². The zero-order valence-corrected chi connectivity index (χ0v) is 24.9. The van der Waals surface area contributed by atoms with Crippen LogP contribution in [0.4, 0.5) is 15.3 Å². The zero-order valence-electron chi connectivity index (χ0n) is 26.1. The van der Waals surface area contributed by atoms with E-state index in [4.69, 9.17) is 23.8 Å². The predicted octanol–water partition coefficient (Wildman–Crippen LogP) is 5.09. The van der Waals surface area contributed by atoms with Crippen molar-refractivity contribution in [3.8, 4) is 0 Å². The lowest BCUT2D eigenvalue weighted by Crippen LogP contribution is -2.49. The molecule has 230 valence electrons. The van der Waals surface area contributed by atoms with Gasteiger partial charge in [0.25, 0.3) is 5.91 Å². The van der Waals surface area contributed by atoms with Crippen LogP contribution in [0.2, 0.25) is 5.02 Å². The highest BCUT2D eigenvalue weighted by atomic mass is 35.5. The number of benzene rings is 2. The molecule has 11 heteroatoms. The lowest BCUT2D eigenvalue weighted by molar-refractivity contribution is -0.120. The molecule has 0 spiro atoms. The van der Waals surface area contributed by atoms with Gasteiger partial charge in [0.2, 0.25) is 5.91 Å². The third-order valence-corrected chi connectivity index (χ3v) is 8.60. The number of likely N-dealkylation sites (tertiary alicyclic amines) is 2. The number of rotatable bonds is 9. The summed E-state index contributed by atoms with van der Waals surface area (Å²) in [6.07, 6.45) is 3.10. The standard InChI is InChI=1S/C32H39ClN4O6/c33-27-7-6-26(20-28(27)37-18-12-29(38)34-31(37)40)30(39)35-14-10-25(11-15-35)21-42-19-13-23-8-16-36(17-9-23)32(41)43-22-24-4-2-1-3-5-24/h1-7,20,23,25H,8-19,21-22H2,(H,34,38,40)/i21D2. The number of halogens is 1. The van der Waals surface area contributed by atoms with Crippen molar-refractivity contribution in [3.05, 3.63) is 64.7 Å². The summed E-state index contributed by atoms with van der Waals surface area (Å²) >= 11 is 6.32. The molecule has 0 aliphatic carbocycles. The van der Waals surface area contributed by atoms with E-state index < -0.39 is 12.6 Å². The van der Waals surface area contributed by atoms with Crippen molar-refractivity contribution >= 4 is 41.2 Å². The van der Waals surface area contributed by atoms with Crippen LogP contribution in [-0.4, -0.2) is 79.6 Å².